The molecule has 126 valence electrons. The van der Waals surface area contributed by atoms with Crippen molar-refractivity contribution < 1.29 is 0 Å². The molecule has 0 bridgehead atoms. The van der Waals surface area contributed by atoms with Gasteiger partial charge in [-0.25, -0.2) is 0 Å². The summed E-state index contributed by atoms with van der Waals surface area (Å²) < 4.78 is 0. The molecule has 4 rings (SSSR count). The first-order chi connectivity index (χ1) is 12.9. The van der Waals surface area contributed by atoms with Gasteiger partial charge in [-0.1, -0.05) is 66.4 Å². The van der Waals surface area contributed by atoms with Crippen molar-refractivity contribution in [1.82, 2.24) is 0 Å². The summed E-state index contributed by atoms with van der Waals surface area (Å²) in [6.07, 6.45) is 0. The summed E-state index contributed by atoms with van der Waals surface area (Å²) in [5, 5.41) is 0. The monoisotopic (exact) mass is 371 g/mol. The Morgan fingerprint density at radius 1 is 0.385 bits per heavy atom. The van der Waals surface area contributed by atoms with Gasteiger partial charge in [0.05, 0.1) is 10.9 Å². The van der Waals surface area contributed by atoms with Crippen LogP contribution >= 0.6 is 11.8 Å². The lowest BCUT2D eigenvalue weighted by atomic mass is 10.3. The molecule has 0 saturated heterocycles. The molecule has 0 spiro atoms. The molecule has 0 aliphatic carbocycles. The van der Waals surface area contributed by atoms with Gasteiger partial charge in [0.15, 0.2) is 14.7 Å². The van der Waals surface area contributed by atoms with Crippen LogP contribution < -0.4 is 0 Å². The zero-order chi connectivity index (χ0) is 17.6. The minimum atomic E-state index is -0.0786. The molecule has 2 heteroatoms. The molecule has 0 radical (unpaired) electrons. The van der Waals surface area contributed by atoms with Crippen LogP contribution in [0.2, 0.25) is 0 Å². The predicted molar refractivity (Wildman–Crippen MR) is 112 cm³/mol. The molecule has 0 aliphatic rings. The van der Waals surface area contributed by atoms with Gasteiger partial charge in [-0.15, -0.1) is 0 Å². The first-order valence-corrected chi connectivity index (χ1v) is 10.6. The summed E-state index contributed by atoms with van der Waals surface area (Å²) >= 11 is 1.80. The van der Waals surface area contributed by atoms with Gasteiger partial charge in [0, 0.05) is 9.79 Å². The third kappa shape index (κ3) is 4.04. The third-order valence-electron chi connectivity index (χ3n) is 4.00. The molecule has 4 aromatic rings. The Morgan fingerprint density at radius 2 is 0.769 bits per heavy atom. The maximum absolute atomic E-state index is 2.27. The molecule has 0 heterocycles. The van der Waals surface area contributed by atoms with Crippen LogP contribution in [0.3, 0.4) is 0 Å². The van der Waals surface area contributed by atoms with Gasteiger partial charge in [-0.3, -0.25) is 0 Å². The van der Waals surface area contributed by atoms with Gasteiger partial charge in [-0.2, -0.15) is 0 Å². The number of hydrogen-bond acceptors (Lipinski definition) is 1. The van der Waals surface area contributed by atoms with Crippen LogP contribution in [0.25, 0.3) is 0 Å². The number of benzene rings is 4. The van der Waals surface area contributed by atoms with E-state index in [0.717, 1.165) is 0 Å². The van der Waals surface area contributed by atoms with E-state index >= 15 is 0 Å². The van der Waals surface area contributed by atoms with Crippen molar-refractivity contribution in [2.45, 2.75) is 24.5 Å². The van der Waals surface area contributed by atoms with Gasteiger partial charge in [-0.05, 0) is 60.7 Å². The van der Waals surface area contributed by atoms with Crippen LogP contribution in [0.1, 0.15) is 0 Å². The van der Waals surface area contributed by atoms with Crippen molar-refractivity contribution in [3.05, 3.63) is 115 Å². The summed E-state index contributed by atoms with van der Waals surface area (Å²) in [5.74, 6) is 0. The summed E-state index contributed by atoms with van der Waals surface area (Å²) in [6.45, 7) is 0. The van der Waals surface area contributed by atoms with Crippen LogP contribution in [0.5, 0.6) is 0 Å². The van der Waals surface area contributed by atoms with Gasteiger partial charge < -0.3 is 0 Å². The van der Waals surface area contributed by atoms with E-state index < -0.39 is 0 Å². The lowest BCUT2D eigenvalue weighted by Gasteiger charge is -2.08. The molecule has 0 fully saturated rings. The van der Waals surface area contributed by atoms with E-state index in [2.05, 4.69) is 115 Å². The Balaban J connectivity index is 1.66. The molecule has 0 aliphatic heterocycles. The van der Waals surface area contributed by atoms with E-state index in [4.69, 9.17) is 0 Å². The van der Waals surface area contributed by atoms with Crippen LogP contribution in [0, 0.1) is 0 Å². The fourth-order valence-corrected chi connectivity index (χ4v) is 5.71. The van der Waals surface area contributed by atoms with Gasteiger partial charge in [0.25, 0.3) is 0 Å². The second-order valence-electron chi connectivity index (χ2n) is 5.82. The topological polar surface area (TPSA) is 0 Å². The molecular formula is C24H19S2+. The predicted octanol–water partition coefficient (Wildman–Crippen LogP) is 6.93. The molecule has 0 N–H and O–H groups in total. The molecular weight excluding hydrogens is 352 g/mol. The van der Waals surface area contributed by atoms with Crippen LogP contribution in [-0.4, -0.2) is 0 Å². The van der Waals surface area contributed by atoms with E-state index in [1.54, 1.807) is 11.8 Å². The van der Waals surface area contributed by atoms with Crippen LogP contribution in [0.4, 0.5) is 0 Å². The molecule has 0 amide bonds. The fraction of sp³-hybridized carbons (Fsp3) is 0. The maximum Gasteiger partial charge on any atom is 0.166 e. The average molecular weight is 372 g/mol. The highest BCUT2D eigenvalue weighted by atomic mass is 32.2. The highest BCUT2D eigenvalue weighted by Gasteiger charge is 2.27. The third-order valence-corrected chi connectivity index (χ3v) is 7.24. The largest absolute Gasteiger partial charge is 0.166 e. The zero-order valence-corrected chi connectivity index (χ0v) is 15.9. The van der Waals surface area contributed by atoms with Crippen molar-refractivity contribution in [2.24, 2.45) is 0 Å². The van der Waals surface area contributed by atoms with Crippen molar-refractivity contribution >= 4 is 22.7 Å². The van der Waals surface area contributed by atoms with E-state index in [1.807, 2.05) is 0 Å². The average Bonchev–Trinajstić information content (AvgIpc) is 2.72. The van der Waals surface area contributed by atoms with Crippen molar-refractivity contribution in [2.75, 3.05) is 0 Å². The Kier molecular flexibility index (Phi) is 5.44. The first-order valence-electron chi connectivity index (χ1n) is 8.57. The summed E-state index contributed by atoms with van der Waals surface area (Å²) in [4.78, 5) is 6.58. The lowest BCUT2D eigenvalue weighted by Crippen LogP contribution is -2.04. The Bertz CT molecular complexity index is 894. The van der Waals surface area contributed by atoms with E-state index in [9.17, 15) is 0 Å². The molecule has 0 nitrogen and oxygen atoms in total. The number of rotatable bonds is 5. The minimum Gasteiger partial charge on any atom is -0.0901 e. The Morgan fingerprint density at radius 3 is 1.27 bits per heavy atom. The van der Waals surface area contributed by atoms with E-state index in [-0.39, 0.29) is 10.9 Å². The lowest BCUT2D eigenvalue weighted by molar-refractivity contribution is 1.28. The maximum atomic E-state index is 2.27. The van der Waals surface area contributed by atoms with Crippen molar-refractivity contribution in [3.8, 4) is 0 Å². The van der Waals surface area contributed by atoms with Gasteiger partial charge in [0.1, 0.15) is 0 Å². The second-order valence-corrected chi connectivity index (χ2v) is 8.99. The molecule has 0 aromatic heterocycles. The van der Waals surface area contributed by atoms with E-state index in [0.29, 0.717) is 0 Å². The first kappa shape index (κ1) is 17.0. The normalized spacial score (nSPS) is 10.8. The Labute approximate surface area is 162 Å². The smallest absolute Gasteiger partial charge is 0.0901 e. The van der Waals surface area contributed by atoms with Gasteiger partial charge in [0.2, 0.25) is 0 Å². The second kappa shape index (κ2) is 8.31. The van der Waals surface area contributed by atoms with Gasteiger partial charge >= 0.3 is 0 Å². The Hall–Kier alpha value is -2.42. The van der Waals surface area contributed by atoms with Crippen molar-refractivity contribution in [3.63, 3.8) is 0 Å². The summed E-state index contributed by atoms with van der Waals surface area (Å²) in [6, 6.07) is 41.1. The fourth-order valence-electron chi connectivity index (χ4n) is 2.79. The molecule has 0 saturated carbocycles. The number of hydrogen-bond donors (Lipinski definition) is 0. The minimum absolute atomic E-state index is 0.0786. The molecule has 0 unspecified atom stereocenters. The summed E-state index contributed by atoms with van der Waals surface area (Å²) in [5.41, 5.74) is 0. The van der Waals surface area contributed by atoms with Crippen LogP contribution in [-0.2, 0) is 10.9 Å². The van der Waals surface area contributed by atoms with Crippen molar-refractivity contribution in [1.29, 1.82) is 0 Å². The molecule has 4 aromatic carbocycles. The SMILES string of the molecule is c1ccc(Sc2ccc([S+](c3ccccc3)c3ccccc3)cc2)cc1. The highest BCUT2D eigenvalue weighted by Crippen LogP contribution is 2.33. The molecule has 26 heavy (non-hydrogen) atoms. The summed E-state index contributed by atoms with van der Waals surface area (Å²) in [7, 11) is -0.0786. The van der Waals surface area contributed by atoms with Crippen LogP contribution in [0.15, 0.2) is 140 Å². The molecule has 0 atom stereocenters. The standard InChI is InChI=1S/C24H19S2/c1-4-10-20(11-5-1)25-21-16-18-24(19-17-21)26(22-12-6-2-7-13-22)23-14-8-3-9-15-23/h1-19H/q+1. The zero-order valence-electron chi connectivity index (χ0n) is 14.3. The highest BCUT2D eigenvalue weighted by molar-refractivity contribution is 7.99. The van der Waals surface area contributed by atoms with E-state index in [1.165, 1.54) is 24.5 Å². The quantitative estimate of drug-likeness (QED) is 0.343.